The Hall–Kier alpha value is -8.12. The number of anilines is 1. The number of imidazole rings is 1. The van der Waals surface area contributed by atoms with E-state index in [0.717, 1.165) is 35.1 Å². The van der Waals surface area contributed by atoms with E-state index in [1.807, 2.05) is 37.3 Å². The number of unbranched alkanes of at least 4 members (excludes halogenated alkanes) is 2. The molecule has 0 bridgehead atoms. The Morgan fingerprint density at radius 1 is 0.889 bits per heavy atom. The van der Waals surface area contributed by atoms with E-state index in [4.69, 9.17) is 20.2 Å². The van der Waals surface area contributed by atoms with E-state index in [-0.39, 0.29) is 86.4 Å². The third kappa shape index (κ3) is 20.5. The lowest BCUT2D eigenvalue weighted by Crippen LogP contribution is -2.51. The lowest BCUT2D eigenvalue weighted by Gasteiger charge is -2.39. The molecule has 2 aliphatic heterocycles. The van der Waals surface area contributed by atoms with Gasteiger partial charge in [-0.05, 0) is 91.8 Å². The summed E-state index contributed by atoms with van der Waals surface area (Å²) >= 11 is 0. The highest BCUT2D eigenvalue weighted by molar-refractivity contribution is 6.12. The minimum absolute atomic E-state index is 0.0827. The summed E-state index contributed by atoms with van der Waals surface area (Å²) in [6, 6.07) is 15.4. The predicted octanol–water partition coefficient (Wildman–Crippen LogP) is 5.57. The summed E-state index contributed by atoms with van der Waals surface area (Å²) in [6.45, 7) is 4.73. The number of halogens is 3. The summed E-state index contributed by atoms with van der Waals surface area (Å²) in [5, 5.41) is 23.1. The highest BCUT2D eigenvalue weighted by Gasteiger charge is 2.37. The van der Waals surface area contributed by atoms with Crippen LogP contribution in [-0.4, -0.2) is 137 Å². The molecule has 1 saturated heterocycles. The number of alkyl halides is 1. The Labute approximate surface area is 468 Å². The van der Waals surface area contributed by atoms with Gasteiger partial charge in [0.2, 0.25) is 23.6 Å². The van der Waals surface area contributed by atoms with Crippen LogP contribution in [0, 0.1) is 23.5 Å². The number of hydrogen-bond acceptors (Lipinski definition) is 12. The maximum atomic E-state index is 15.2. The molecule has 3 atom stereocenters. The van der Waals surface area contributed by atoms with Gasteiger partial charge in [-0.15, -0.1) is 0 Å². The van der Waals surface area contributed by atoms with Gasteiger partial charge in [0.15, 0.2) is 0 Å². The van der Waals surface area contributed by atoms with E-state index in [0.29, 0.717) is 68.9 Å². The number of nitrogens with two attached hydrogens (primary N) is 1. The van der Waals surface area contributed by atoms with Crippen molar-refractivity contribution in [1.29, 1.82) is 0 Å². The standard InChI is InChI=1S/C53H63F3N8O10.C4H10N2O/c1-34(2)49(61-44(66)11-7-4-8-23-63-46(68)18-19-47(63)69)52(71)57-29-45(67)58-39-15-12-36(13-16-39)33-74-53(72)59-40(28-54)20-24-64(48(70)32-65)50(37-21-25-73-26-22-37)51-60-43(41-27-38(55)14-17-42(41)56)31-62(51)30-35-9-5-3-6-10-35;1-2-3-6-4(5)7/h3,5-6,9-10,12-19,27,31,34,37,40,49-50,65H,4,7-8,11,20-26,28-30,32-33H2,1-2H3,(H,57,71)(H,58,67)(H,59,72)(H,61,66);2-3H2,1H3,(H3,5,6,7). The van der Waals surface area contributed by atoms with Crippen molar-refractivity contribution < 1.29 is 66.1 Å². The van der Waals surface area contributed by atoms with Crippen molar-refractivity contribution in [3.63, 3.8) is 0 Å². The molecule has 2 aliphatic rings. The quantitative estimate of drug-likeness (QED) is 0.0272. The first-order valence-electron chi connectivity index (χ1n) is 27.0. The van der Waals surface area contributed by atoms with Gasteiger partial charge in [-0.25, -0.2) is 27.7 Å². The molecule has 9 amide bonds. The summed E-state index contributed by atoms with van der Waals surface area (Å²) in [5.74, 6) is -4.43. The second kappa shape index (κ2) is 32.8. The molecule has 0 saturated carbocycles. The molecular weight excluding hydrogens is 1060 g/mol. The maximum Gasteiger partial charge on any atom is 0.407 e. The zero-order valence-corrected chi connectivity index (χ0v) is 45.8. The number of urea groups is 1. The molecule has 8 N–H and O–H groups in total. The van der Waals surface area contributed by atoms with Crippen molar-refractivity contribution in [2.75, 3.05) is 58.0 Å². The van der Waals surface area contributed by atoms with Gasteiger partial charge in [0.1, 0.15) is 43.4 Å². The van der Waals surface area contributed by atoms with Crippen LogP contribution in [0.3, 0.4) is 0 Å². The topological polar surface area (TPSA) is 286 Å². The van der Waals surface area contributed by atoms with E-state index in [2.05, 4.69) is 26.6 Å². The highest BCUT2D eigenvalue weighted by atomic mass is 19.1. The van der Waals surface area contributed by atoms with Crippen LogP contribution >= 0.6 is 0 Å². The van der Waals surface area contributed by atoms with Gasteiger partial charge in [0.25, 0.3) is 11.8 Å². The number of nitrogens with zero attached hydrogens (tertiary/aromatic N) is 4. The minimum Gasteiger partial charge on any atom is -0.445 e. The number of amides is 9. The number of primary amides is 1. The zero-order valence-electron chi connectivity index (χ0n) is 45.8. The molecule has 21 nitrogen and oxygen atoms in total. The molecule has 3 heterocycles. The first-order chi connectivity index (χ1) is 38.9. The van der Waals surface area contributed by atoms with Crippen molar-refractivity contribution in [3.8, 4) is 11.3 Å². The summed E-state index contributed by atoms with van der Waals surface area (Å²) in [7, 11) is 0. The number of rotatable bonds is 28. The van der Waals surface area contributed by atoms with Crippen molar-refractivity contribution in [1.82, 2.24) is 40.6 Å². The number of aromatic nitrogens is 2. The third-order valence-electron chi connectivity index (χ3n) is 13.2. The zero-order chi connectivity index (χ0) is 58.8. The average molecular weight is 1130 g/mol. The molecule has 0 aliphatic carbocycles. The second-order valence-electron chi connectivity index (χ2n) is 19.7. The Morgan fingerprint density at radius 3 is 2.22 bits per heavy atom. The Balaban J connectivity index is 0.00000161. The van der Waals surface area contributed by atoms with Gasteiger partial charge in [-0.1, -0.05) is 69.7 Å². The lowest BCUT2D eigenvalue weighted by molar-refractivity contribution is -0.139. The molecule has 81 heavy (non-hydrogen) atoms. The molecule has 3 unspecified atom stereocenters. The lowest BCUT2D eigenvalue weighted by atomic mass is 9.89. The van der Waals surface area contributed by atoms with Gasteiger partial charge in [0, 0.05) is 75.4 Å². The number of carbonyl (C=O) groups excluding carboxylic acids is 8. The van der Waals surface area contributed by atoms with Gasteiger partial charge in [-0.3, -0.25) is 33.7 Å². The molecule has 24 heteroatoms. The number of aliphatic hydroxyl groups excluding tert-OH is 1. The Morgan fingerprint density at radius 2 is 1.59 bits per heavy atom. The van der Waals surface area contributed by atoms with Crippen LogP contribution in [0.5, 0.6) is 0 Å². The number of carbonyl (C=O) groups is 8. The summed E-state index contributed by atoms with van der Waals surface area (Å²) in [6.07, 6.45) is 6.65. The number of alkyl carbamates (subject to hydrolysis) is 1. The number of ether oxygens (including phenoxy) is 2. The van der Waals surface area contributed by atoms with Crippen LogP contribution in [-0.2, 0) is 51.4 Å². The van der Waals surface area contributed by atoms with Crippen LogP contribution in [0.2, 0.25) is 0 Å². The van der Waals surface area contributed by atoms with Crippen molar-refractivity contribution in [3.05, 3.63) is 120 Å². The number of aliphatic hydroxyl groups is 1. The molecular formula is C57H73F3N10O11. The average Bonchev–Trinajstić information content (AvgIpc) is 4.18. The van der Waals surface area contributed by atoms with Crippen molar-refractivity contribution >= 4 is 53.3 Å². The minimum atomic E-state index is -1.12. The molecule has 0 spiro atoms. The smallest absolute Gasteiger partial charge is 0.407 e. The molecule has 0 radical (unpaired) electrons. The highest BCUT2D eigenvalue weighted by Crippen LogP contribution is 2.37. The molecule has 3 aromatic carbocycles. The summed E-state index contributed by atoms with van der Waals surface area (Å²) in [4.78, 5) is 106. The van der Waals surface area contributed by atoms with Crippen LogP contribution < -0.4 is 32.3 Å². The van der Waals surface area contributed by atoms with Crippen molar-refractivity contribution in [2.24, 2.45) is 17.6 Å². The van der Waals surface area contributed by atoms with Gasteiger partial charge in [-0.2, -0.15) is 0 Å². The monoisotopic (exact) mass is 1130 g/mol. The van der Waals surface area contributed by atoms with E-state index in [1.165, 1.54) is 17.1 Å². The van der Waals surface area contributed by atoms with Crippen LogP contribution in [0.1, 0.15) is 95.1 Å². The number of benzene rings is 3. The Kier molecular flexibility index (Phi) is 25.8. The van der Waals surface area contributed by atoms with E-state index in [1.54, 1.807) is 48.9 Å². The first-order valence-corrected chi connectivity index (χ1v) is 27.0. The molecule has 438 valence electrons. The molecule has 1 aromatic heterocycles. The van der Waals surface area contributed by atoms with Crippen LogP contribution in [0.25, 0.3) is 11.3 Å². The van der Waals surface area contributed by atoms with Crippen molar-refractivity contribution in [2.45, 2.75) is 103 Å². The van der Waals surface area contributed by atoms with E-state index >= 15 is 4.39 Å². The summed E-state index contributed by atoms with van der Waals surface area (Å²) in [5.41, 5.74) is 6.53. The molecule has 6 rings (SSSR count). The van der Waals surface area contributed by atoms with E-state index < -0.39 is 72.9 Å². The molecule has 4 aromatic rings. The fraction of sp³-hybridized carbons (Fsp3) is 0.456. The predicted molar refractivity (Wildman–Crippen MR) is 293 cm³/mol. The summed E-state index contributed by atoms with van der Waals surface area (Å²) < 4.78 is 57.1. The number of hydrogen-bond donors (Lipinski definition) is 7. The fourth-order valence-corrected chi connectivity index (χ4v) is 8.96. The number of imide groups is 1. The first kappa shape index (κ1) is 63.7. The fourth-order valence-electron chi connectivity index (χ4n) is 8.96. The van der Waals surface area contributed by atoms with Crippen LogP contribution in [0.4, 0.5) is 28.4 Å². The SMILES string of the molecule is CC(C)C(NC(=O)CCCCCN1C(=O)C=CC1=O)C(=O)NCC(=O)Nc1ccc(COC(=O)NC(CF)CCN(C(=O)CO)C(c2nc(-c3cc(F)ccc3F)cn2Cc2ccccc2)C2CCOCC2)cc1.CCCNC(N)=O. The largest absolute Gasteiger partial charge is 0.445 e. The third-order valence-corrected chi connectivity index (χ3v) is 13.2. The maximum absolute atomic E-state index is 15.2. The molecule has 1 fully saturated rings. The normalized spacial score (nSPS) is 14.3. The van der Waals surface area contributed by atoms with Gasteiger partial charge >= 0.3 is 12.1 Å². The van der Waals surface area contributed by atoms with E-state index in [9.17, 15) is 52.2 Å². The van der Waals surface area contributed by atoms with Gasteiger partial charge in [0.05, 0.1) is 24.3 Å². The second-order valence-corrected chi connectivity index (χ2v) is 19.7. The Bertz CT molecular complexity index is 2760. The number of nitrogens with one attached hydrogen (secondary N) is 5. The van der Waals surface area contributed by atoms with Crippen LogP contribution in [0.15, 0.2) is 91.1 Å². The van der Waals surface area contributed by atoms with Gasteiger partial charge < -0.3 is 56.4 Å².